The van der Waals surface area contributed by atoms with Crippen molar-refractivity contribution in [2.45, 2.75) is 0 Å². The molecule has 5 heavy (non-hydrogen) atoms. The Hall–Kier alpha value is 0.0900. The molecule has 1 aliphatic heterocycles. The van der Waals surface area contributed by atoms with E-state index in [1.54, 1.807) is 0 Å². The first-order valence-electron chi connectivity index (χ1n) is 1.62. The monoisotopic (exact) mass is 88.0 g/mol. The van der Waals surface area contributed by atoms with Crippen molar-refractivity contribution in [2.75, 3.05) is 12.5 Å². The molecule has 0 saturated carbocycles. The average Bonchev–Trinajstić information content (AvgIpc) is 1.76. The normalized spacial score (nSPS) is 33.2. The van der Waals surface area contributed by atoms with E-state index >= 15 is 0 Å². The van der Waals surface area contributed by atoms with Gasteiger partial charge in [0.2, 0.25) is 0 Å². The highest BCUT2D eigenvalue weighted by Gasteiger charge is 2.11. The van der Waals surface area contributed by atoms with Gasteiger partial charge in [-0.05, 0) is 23.3 Å². The lowest BCUT2D eigenvalue weighted by atomic mass is 11.3. The third-order valence-electron chi connectivity index (χ3n) is 0.680. The minimum Gasteiger partial charge on any atom is -0.206 e. The van der Waals surface area contributed by atoms with Crippen LogP contribution in [0.15, 0.2) is 10.8 Å². The van der Waals surface area contributed by atoms with Crippen molar-refractivity contribution in [2.24, 2.45) is 0 Å². The van der Waals surface area contributed by atoms with Crippen molar-refractivity contribution in [3.8, 4) is 0 Å². The maximum Gasteiger partial charge on any atom is -0.0278 e. The predicted molar refractivity (Wildman–Crippen MR) is 28.6 cm³/mol. The number of hydrogen-bond donors (Lipinski definition) is 0. The van der Waals surface area contributed by atoms with Gasteiger partial charge in [-0.1, -0.05) is 0 Å². The van der Waals surface area contributed by atoms with Gasteiger partial charge in [-0.3, -0.25) is 0 Å². The molecule has 1 heterocycles. The van der Waals surface area contributed by atoms with Crippen molar-refractivity contribution in [1.82, 2.24) is 0 Å². The van der Waals surface area contributed by atoms with E-state index in [-0.39, 0.29) is 10.0 Å². The summed E-state index contributed by atoms with van der Waals surface area (Å²) in [6.45, 7) is 0. The highest BCUT2D eigenvalue weighted by molar-refractivity contribution is 8.42. The molecule has 0 aromatic rings. The molecule has 0 aromatic heterocycles. The summed E-state index contributed by atoms with van der Waals surface area (Å²) in [5, 5.41) is 4.54. The Morgan fingerprint density at radius 1 is 1.20 bits per heavy atom. The van der Waals surface area contributed by atoms with Crippen LogP contribution in [0.1, 0.15) is 0 Å². The highest BCUT2D eigenvalue weighted by Crippen LogP contribution is 2.56. The Morgan fingerprint density at radius 2 is 1.40 bits per heavy atom. The highest BCUT2D eigenvalue weighted by atomic mass is 32.3. The molecule has 0 amide bonds. The second kappa shape index (κ2) is 0.597. The summed E-state index contributed by atoms with van der Waals surface area (Å²) in [6, 6.07) is 0. The summed E-state index contributed by atoms with van der Waals surface area (Å²) in [6.07, 6.45) is 4.54. The molecule has 0 saturated heterocycles. The Labute approximate surface area is 34.2 Å². The summed E-state index contributed by atoms with van der Waals surface area (Å²) >= 11 is 0. The van der Waals surface area contributed by atoms with Crippen molar-refractivity contribution >= 4 is 10.0 Å². The third-order valence-corrected chi connectivity index (χ3v) is 2.04. The van der Waals surface area contributed by atoms with Crippen LogP contribution in [0, 0.1) is 0 Å². The third kappa shape index (κ3) is 0.690. The number of rotatable bonds is 0. The molecule has 0 atom stereocenters. The molecule has 1 aliphatic rings. The van der Waals surface area contributed by atoms with Gasteiger partial charge < -0.3 is 0 Å². The van der Waals surface area contributed by atoms with Crippen LogP contribution in [0.2, 0.25) is 0 Å². The fourth-order valence-electron chi connectivity index (χ4n) is 0.111. The molecular formula is C4H8S. The minimum atomic E-state index is -0.167. The summed E-state index contributed by atoms with van der Waals surface area (Å²) < 4.78 is 0. The maximum absolute atomic E-state index is 2.27. The first kappa shape index (κ1) is 3.29. The van der Waals surface area contributed by atoms with Gasteiger partial charge >= 0.3 is 0 Å². The predicted octanol–water partition coefficient (Wildman–Crippen LogP) is 1.54. The van der Waals surface area contributed by atoms with E-state index in [0.29, 0.717) is 0 Å². The van der Waals surface area contributed by atoms with Gasteiger partial charge in [0.25, 0.3) is 0 Å². The molecular weight excluding hydrogens is 80.1 g/mol. The molecule has 1 heteroatoms. The second-order valence-electron chi connectivity index (χ2n) is 1.76. The van der Waals surface area contributed by atoms with E-state index in [0.717, 1.165) is 0 Å². The van der Waals surface area contributed by atoms with Crippen LogP contribution in [0.25, 0.3) is 0 Å². The SMILES string of the molecule is CS1(C)C=C1. The van der Waals surface area contributed by atoms with Crippen LogP contribution in [-0.2, 0) is 0 Å². The quantitative estimate of drug-likeness (QED) is 0.421. The Morgan fingerprint density at radius 3 is 1.40 bits per heavy atom. The van der Waals surface area contributed by atoms with Gasteiger partial charge in [0.05, 0.1) is 0 Å². The zero-order chi connectivity index (χ0) is 3.91. The molecule has 0 spiro atoms. The first-order chi connectivity index (χ1) is 2.21. The molecule has 0 radical (unpaired) electrons. The van der Waals surface area contributed by atoms with Gasteiger partial charge in [-0.25, -0.2) is 10.0 Å². The largest absolute Gasteiger partial charge is 0.206 e. The molecule has 0 bridgehead atoms. The summed E-state index contributed by atoms with van der Waals surface area (Å²) in [5.74, 6) is 0. The second-order valence-corrected chi connectivity index (χ2v) is 5.28. The topological polar surface area (TPSA) is 0 Å². The zero-order valence-corrected chi connectivity index (χ0v) is 4.38. The van der Waals surface area contributed by atoms with Crippen molar-refractivity contribution in [3.05, 3.63) is 10.8 Å². The van der Waals surface area contributed by atoms with Crippen LogP contribution in [0.5, 0.6) is 0 Å². The molecule has 0 nitrogen and oxygen atoms in total. The maximum atomic E-state index is 2.27. The summed E-state index contributed by atoms with van der Waals surface area (Å²) in [4.78, 5) is 0. The van der Waals surface area contributed by atoms with Crippen LogP contribution >= 0.6 is 10.0 Å². The lowest BCUT2D eigenvalue weighted by Gasteiger charge is -1.98. The Bertz CT molecular complexity index is 63.7. The lowest BCUT2D eigenvalue weighted by molar-refractivity contribution is 2.29. The number of hydrogen-bond acceptors (Lipinski definition) is 0. The van der Waals surface area contributed by atoms with Gasteiger partial charge in [0, 0.05) is 0 Å². The van der Waals surface area contributed by atoms with E-state index in [2.05, 4.69) is 23.3 Å². The van der Waals surface area contributed by atoms with Gasteiger partial charge in [-0.15, -0.1) is 0 Å². The van der Waals surface area contributed by atoms with Gasteiger partial charge in [0.1, 0.15) is 0 Å². The molecule has 0 fully saturated rings. The van der Waals surface area contributed by atoms with Gasteiger partial charge in [-0.2, -0.15) is 0 Å². The average molecular weight is 88.2 g/mol. The van der Waals surface area contributed by atoms with Crippen LogP contribution in [0.4, 0.5) is 0 Å². The van der Waals surface area contributed by atoms with E-state index < -0.39 is 0 Å². The van der Waals surface area contributed by atoms with E-state index in [1.807, 2.05) is 0 Å². The van der Waals surface area contributed by atoms with Crippen LogP contribution in [-0.4, -0.2) is 12.5 Å². The van der Waals surface area contributed by atoms with Gasteiger partial charge in [0.15, 0.2) is 0 Å². The first-order valence-corrected chi connectivity index (χ1v) is 4.20. The zero-order valence-electron chi connectivity index (χ0n) is 3.56. The Balaban J connectivity index is 2.47. The smallest absolute Gasteiger partial charge is 0.0278 e. The lowest BCUT2D eigenvalue weighted by Crippen LogP contribution is -1.60. The fourth-order valence-corrected chi connectivity index (χ4v) is 1.00. The standard InChI is InChI=1S/C4H8S/c1-5(2)3-4-5/h3-4H,1-2H3. The molecule has 0 aromatic carbocycles. The molecule has 1 rings (SSSR count). The molecule has 0 unspecified atom stereocenters. The fraction of sp³-hybridized carbons (Fsp3) is 0.500. The van der Waals surface area contributed by atoms with Crippen molar-refractivity contribution < 1.29 is 0 Å². The Kier molecular flexibility index (Phi) is 0.392. The van der Waals surface area contributed by atoms with Crippen molar-refractivity contribution in [1.29, 1.82) is 0 Å². The van der Waals surface area contributed by atoms with Crippen LogP contribution < -0.4 is 0 Å². The minimum absolute atomic E-state index is 0.167. The van der Waals surface area contributed by atoms with E-state index in [9.17, 15) is 0 Å². The van der Waals surface area contributed by atoms with Crippen LogP contribution in [0.3, 0.4) is 0 Å². The van der Waals surface area contributed by atoms with E-state index in [1.165, 1.54) is 0 Å². The molecule has 0 aliphatic carbocycles. The summed E-state index contributed by atoms with van der Waals surface area (Å²) in [7, 11) is -0.167. The molecule has 30 valence electrons. The summed E-state index contributed by atoms with van der Waals surface area (Å²) in [5.41, 5.74) is 0. The molecule has 0 N–H and O–H groups in total. The van der Waals surface area contributed by atoms with Crippen molar-refractivity contribution in [3.63, 3.8) is 0 Å². The van der Waals surface area contributed by atoms with E-state index in [4.69, 9.17) is 0 Å².